The first-order valence-corrected chi connectivity index (χ1v) is 5.61. The molecule has 1 heterocycles. The zero-order valence-electron chi connectivity index (χ0n) is 10.0. The first-order chi connectivity index (χ1) is 7.63. The predicted molar refractivity (Wildman–Crippen MR) is 64.1 cm³/mol. The Morgan fingerprint density at radius 1 is 1.38 bits per heavy atom. The van der Waals surface area contributed by atoms with Gasteiger partial charge in [-0.05, 0) is 32.4 Å². The Bertz CT molecular complexity index is 326. The molecular weight excluding hydrogens is 202 g/mol. The maximum atomic E-state index is 11.5. The Hall–Kier alpha value is -1.58. The third-order valence-electron chi connectivity index (χ3n) is 2.47. The summed E-state index contributed by atoms with van der Waals surface area (Å²) in [5, 5.41) is 5.70. The highest BCUT2D eigenvalue weighted by molar-refractivity contribution is 5.74. The van der Waals surface area contributed by atoms with Gasteiger partial charge in [-0.1, -0.05) is 13.0 Å². The largest absolute Gasteiger partial charge is 0.336 e. The molecule has 0 fully saturated rings. The quantitative estimate of drug-likeness (QED) is 0.819. The summed E-state index contributed by atoms with van der Waals surface area (Å²) in [7, 11) is 0. The van der Waals surface area contributed by atoms with Crippen molar-refractivity contribution >= 4 is 6.03 Å². The van der Waals surface area contributed by atoms with E-state index in [4.69, 9.17) is 0 Å². The first kappa shape index (κ1) is 12.5. The van der Waals surface area contributed by atoms with Crippen molar-refractivity contribution in [2.45, 2.75) is 39.3 Å². The van der Waals surface area contributed by atoms with Crippen molar-refractivity contribution in [3.63, 3.8) is 0 Å². The highest BCUT2D eigenvalue weighted by Crippen LogP contribution is 2.07. The lowest BCUT2D eigenvalue weighted by atomic mass is 10.2. The van der Waals surface area contributed by atoms with E-state index < -0.39 is 0 Å². The highest BCUT2D eigenvalue weighted by Gasteiger charge is 2.11. The lowest BCUT2D eigenvalue weighted by molar-refractivity contribution is 0.234. The van der Waals surface area contributed by atoms with Crippen molar-refractivity contribution in [2.24, 2.45) is 0 Å². The number of nitrogens with zero attached hydrogens (tertiary/aromatic N) is 1. The van der Waals surface area contributed by atoms with Gasteiger partial charge in [0.1, 0.15) is 0 Å². The number of rotatable bonds is 4. The molecule has 2 atom stereocenters. The van der Waals surface area contributed by atoms with Gasteiger partial charge in [0.25, 0.3) is 0 Å². The SMILES string of the molecule is CC[C@H](C)NC(=O)N[C@@H](C)c1ccccn1. The molecule has 2 amide bonds. The maximum absolute atomic E-state index is 11.5. The Balaban J connectivity index is 2.46. The molecule has 0 aliphatic rings. The molecule has 4 nitrogen and oxygen atoms in total. The van der Waals surface area contributed by atoms with Gasteiger partial charge < -0.3 is 10.6 Å². The molecule has 4 heteroatoms. The number of pyridine rings is 1. The van der Waals surface area contributed by atoms with Crippen molar-refractivity contribution in [3.8, 4) is 0 Å². The van der Waals surface area contributed by atoms with E-state index in [0.29, 0.717) is 0 Å². The zero-order valence-corrected chi connectivity index (χ0v) is 10.0. The average Bonchev–Trinajstić information content (AvgIpc) is 2.29. The van der Waals surface area contributed by atoms with Crippen LogP contribution >= 0.6 is 0 Å². The van der Waals surface area contributed by atoms with Gasteiger partial charge in [-0.15, -0.1) is 0 Å². The Labute approximate surface area is 96.5 Å². The molecule has 0 saturated carbocycles. The van der Waals surface area contributed by atoms with E-state index in [-0.39, 0.29) is 18.1 Å². The molecule has 0 spiro atoms. The summed E-state index contributed by atoms with van der Waals surface area (Å²) in [6.07, 6.45) is 2.64. The van der Waals surface area contributed by atoms with Crippen LogP contribution in [0.4, 0.5) is 4.79 Å². The monoisotopic (exact) mass is 221 g/mol. The third-order valence-corrected chi connectivity index (χ3v) is 2.47. The molecule has 0 unspecified atom stereocenters. The predicted octanol–water partition coefficient (Wildman–Crippen LogP) is 2.24. The minimum atomic E-state index is -0.146. The fraction of sp³-hybridized carbons (Fsp3) is 0.500. The van der Waals surface area contributed by atoms with Gasteiger partial charge in [0.15, 0.2) is 0 Å². The number of aromatic nitrogens is 1. The van der Waals surface area contributed by atoms with E-state index in [1.807, 2.05) is 39.0 Å². The second-order valence-electron chi connectivity index (χ2n) is 3.90. The standard InChI is InChI=1S/C12H19N3O/c1-4-9(2)14-12(16)15-10(3)11-7-5-6-8-13-11/h5-10H,4H2,1-3H3,(H2,14,15,16)/t9-,10-/m0/s1. The summed E-state index contributed by atoms with van der Waals surface area (Å²) in [6, 6.07) is 5.63. The lowest BCUT2D eigenvalue weighted by Crippen LogP contribution is -2.41. The van der Waals surface area contributed by atoms with Gasteiger partial charge in [0.2, 0.25) is 0 Å². The second-order valence-corrected chi connectivity index (χ2v) is 3.90. The number of urea groups is 1. The molecule has 2 N–H and O–H groups in total. The van der Waals surface area contributed by atoms with Gasteiger partial charge in [-0.2, -0.15) is 0 Å². The lowest BCUT2D eigenvalue weighted by Gasteiger charge is -2.16. The summed E-state index contributed by atoms with van der Waals surface area (Å²) in [6.45, 7) is 5.93. The fourth-order valence-corrected chi connectivity index (χ4v) is 1.27. The minimum Gasteiger partial charge on any atom is -0.336 e. The number of amides is 2. The Kier molecular flexibility index (Phi) is 4.76. The number of hydrogen-bond acceptors (Lipinski definition) is 2. The maximum Gasteiger partial charge on any atom is 0.315 e. The number of carbonyl (C=O) groups is 1. The van der Waals surface area contributed by atoms with Gasteiger partial charge in [-0.3, -0.25) is 4.98 Å². The van der Waals surface area contributed by atoms with Crippen LogP contribution in [0.3, 0.4) is 0 Å². The zero-order chi connectivity index (χ0) is 12.0. The van der Waals surface area contributed by atoms with E-state index in [1.54, 1.807) is 6.20 Å². The molecule has 16 heavy (non-hydrogen) atoms. The van der Waals surface area contributed by atoms with Crippen molar-refractivity contribution in [1.82, 2.24) is 15.6 Å². The summed E-state index contributed by atoms with van der Waals surface area (Å²) < 4.78 is 0. The fourth-order valence-electron chi connectivity index (χ4n) is 1.27. The summed E-state index contributed by atoms with van der Waals surface area (Å²) >= 11 is 0. The van der Waals surface area contributed by atoms with Crippen LogP contribution in [0.25, 0.3) is 0 Å². The normalized spacial score (nSPS) is 13.9. The molecule has 1 aromatic rings. The van der Waals surface area contributed by atoms with Crippen LogP contribution in [-0.4, -0.2) is 17.1 Å². The van der Waals surface area contributed by atoms with Gasteiger partial charge in [0.05, 0.1) is 11.7 Å². The van der Waals surface area contributed by atoms with Gasteiger partial charge >= 0.3 is 6.03 Å². The highest BCUT2D eigenvalue weighted by atomic mass is 16.2. The average molecular weight is 221 g/mol. The molecule has 1 aromatic heterocycles. The van der Waals surface area contributed by atoms with Crippen LogP contribution in [-0.2, 0) is 0 Å². The van der Waals surface area contributed by atoms with Gasteiger partial charge in [0, 0.05) is 12.2 Å². The molecule has 0 bridgehead atoms. The molecule has 0 aromatic carbocycles. The van der Waals surface area contributed by atoms with Crippen LogP contribution in [0.2, 0.25) is 0 Å². The van der Waals surface area contributed by atoms with Crippen LogP contribution in [0.1, 0.15) is 38.9 Å². The Morgan fingerprint density at radius 2 is 2.12 bits per heavy atom. The van der Waals surface area contributed by atoms with E-state index in [1.165, 1.54) is 0 Å². The topological polar surface area (TPSA) is 54.0 Å². The van der Waals surface area contributed by atoms with Crippen LogP contribution in [0, 0.1) is 0 Å². The van der Waals surface area contributed by atoms with Crippen molar-refractivity contribution < 1.29 is 4.79 Å². The number of carbonyl (C=O) groups excluding carboxylic acids is 1. The van der Waals surface area contributed by atoms with E-state index in [0.717, 1.165) is 12.1 Å². The molecule has 0 aliphatic heterocycles. The molecule has 0 saturated heterocycles. The van der Waals surface area contributed by atoms with Crippen LogP contribution < -0.4 is 10.6 Å². The smallest absolute Gasteiger partial charge is 0.315 e. The van der Waals surface area contributed by atoms with Gasteiger partial charge in [-0.25, -0.2) is 4.79 Å². The number of hydrogen-bond donors (Lipinski definition) is 2. The Morgan fingerprint density at radius 3 is 2.69 bits per heavy atom. The van der Waals surface area contributed by atoms with Crippen molar-refractivity contribution in [3.05, 3.63) is 30.1 Å². The third kappa shape index (κ3) is 3.88. The van der Waals surface area contributed by atoms with Crippen LogP contribution in [0.15, 0.2) is 24.4 Å². The summed E-state index contributed by atoms with van der Waals surface area (Å²) in [4.78, 5) is 15.7. The molecule has 0 radical (unpaired) electrons. The summed E-state index contributed by atoms with van der Waals surface area (Å²) in [5.74, 6) is 0. The number of nitrogens with one attached hydrogen (secondary N) is 2. The van der Waals surface area contributed by atoms with Crippen molar-refractivity contribution in [2.75, 3.05) is 0 Å². The molecule has 0 aliphatic carbocycles. The minimum absolute atomic E-state index is 0.0785. The van der Waals surface area contributed by atoms with Crippen molar-refractivity contribution in [1.29, 1.82) is 0 Å². The second kappa shape index (κ2) is 6.10. The molecular formula is C12H19N3O. The molecule has 88 valence electrons. The van der Waals surface area contributed by atoms with Crippen LogP contribution in [0.5, 0.6) is 0 Å². The molecule has 1 rings (SSSR count). The van der Waals surface area contributed by atoms with E-state index in [2.05, 4.69) is 15.6 Å². The van der Waals surface area contributed by atoms with E-state index in [9.17, 15) is 4.79 Å². The first-order valence-electron chi connectivity index (χ1n) is 5.61. The summed E-state index contributed by atoms with van der Waals surface area (Å²) in [5.41, 5.74) is 0.863. The van der Waals surface area contributed by atoms with E-state index >= 15 is 0 Å².